The molecule has 0 saturated heterocycles. The first-order valence-electron chi connectivity index (χ1n) is 5.47. The number of pyridine rings is 1. The summed E-state index contributed by atoms with van der Waals surface area (Å²) < 4.78 is 5.12. The number of carbonyl (C=O) groups is 1. The molecule has 0 bridgehead atoms. The molecular weight excluding hydrogens is 264 g/mol. The third kappa shape index (κ3) is 3.30. The van der Waals surface area contributed by atoms with E-state index < -0.39 is 5.97 Å². The van der Waals surface area contributed by atoms with Crippen molar-refractivity contribution in [3.8, 4) is 6.07 Å². The Balaban J connectivity index is 2.05. The number of ether oxygens (including phenoxy) is 1. The van der Waals surface area contributed by atoms with Gasteiger partial charge in [-0.1, -0.05) is 29.8 Å². The van der Waals surface area contributed by atoms with Gasteiger partial charge in [-0.05, 0) is 18.2 Å². The summed E-state index contributed by atoms with van der Waals surface area (Å²) in [6, 6.07) is 12.1. The van der Waals surface area contributed by atoms with E-state index in [4.69, 9.17) is 21.6 Å². The van der Waals surface area contributed by atoms with Gasteiger partial charge in [0.2, 0.25) is 0 Å². The largest absolute Gasteiger partial charge is 0.457 e. The van der Waals surface area contributed by atoms with Crippen molar-refractivity contribution < 1.29 is 9.53 Å². The molecule has 0 amide bonds. The molecule has 0 aliphatic rings. The summed E-state index contributed by atoms with van der Waals surface area (Å²) >= 11 is 5.63. The summed E-state index contributed by atoms with van der Waals surface area (Å²) in [5.41, 5.74) is 1.48. The lowest BCUT2D eigenvalue weighted by Gasteiger charge is -2.06. The highest BCUT2D eigenvalue weighted by atomic mass is 35.5. The van der Waals surface area contributed by atoms with Crippen LogP contribution in [0, 0.1) is 11.3 Å². The molecule has 94 valence electrons. The maximum absolute atomic E-state index is 11.7. The van der Waals surface area contributed by atoms with Gasteiger partial charge in [0.15, 0.2) is 0 Å². The zero-order valence-electron chi connectivity index (χ0n) is 9.84. The second-order valence-corrected chi connectivity index (χ2v) is 4.10. The maximum Gasteiger partial charge on any atom is 0.340 e. The Kier molecular flexibility index (Phi) is 4.11. The van der Waals surface area contributed by atoms with Gasteiger partial charge in [-0.25, -0.2) is 9.78 Å². The fourth-order valence-electron chi connectivity index (χ4n) is 1.48. The lowest BCUT2D eigenvalue weighted by molar-refractivity contribution is 0.0472. The Hall–Kier alpha value is -2.38. The molecule has 4 nitrogen and oxygen atoms in total. The molecule has 1 aromatic heterocycles. The predicted molar refractivity (Wildman–Crippen MR) is 69.5 cm³/mol. The number of halogens is 1. The van der Waals surface area contributed by atoms with Gasteiger partial charge in [0.05, 0.1) is 17.2 Å². The number of hydrogen-bond donors (Lipinski definition) is 0. The van der Waals surface area contributed by atoms with Crippen LogP contribution in [0.3, 0.4) is 0 Å². The smallest absolute Gasteiger partial charge is 0.340 e. The number of nitrogens with zero attached hydrogens (tertiary/aromatic N) is 2. The average Bonchev–Trinajstić information content (AvgIpc) is 2.45. The zero-order valence-corrected chi connectivity index (χ0v) is 10.6. The van der Waals surface area contributed by atoms with E-state index in [1.54, 1.807) is 24.3 Å². The van der Waals surface area contributed by atoms with Crippen LogP contribution < -0.4 is 0 Å². The monoisotopic (exact) mass is 272 g/mol. The minimum absolute atomic E-state index is 0.0468. The third-order valence-corrected chi connectivity index (χ3v) is 2.68. The summed E-state index contributed by atoms with van der Waals surface area (Å²) in [4.78, 5) is 15.5. The van der Waals surface area contributed by atoms with Crippen molar-refractivity contribution in [2.75, 3.05) is 0 Å². The minimum atomic E-state index is -0.503. The van der Waals surface area contributed by atoms with Crippen LogP contribution >= 0.6 is 11.6 Å². The lowest BCUT2D eigenvalue weighted by atomic mass is 10.1. The van der Waals surface area contributed by atoms with E-state index in [0.29, 0.717) is 21.8 Å². The number of aromatic nitrogens is 1. The van der Waals surface area contributed by atoms with Gasteiger partial charge >= 0.3 is 5.97 Å². The first kappa shape index (κ1) is 13.1. The van der Waals surface area contributed by atoms with Crippen LogP contribution in [-0.4, -0.2) is 11.0 Å². The second kappa shape index (κ2) is 5.98. The van der Waals surface area contributed by atoms with Crippen molar-refractivity contribution in [1.29, 1.82) is 5.26 Å². The van der Waals surface area contributed by atoms with Gasteiger partial charge in [-0.2, -0.15) is 5.26 Å². The van der Waals surface area contributed by atoms with Crippen LogP contribution in [0.2, 0.25) is 5.15 Å². The molecule has 0 aliphatic heterocycles. The molecule has 0 saturated carbocycles. The quantitative estimate of drug-likeness (QED) is 0.636. The molecule has 19 heavy (non-hydrogen) atoms. The molecule has 0 fully saturated rings. The van der Waals surface area contributed by atoms with Gasteiger partial charge in [0.1, 0.15) is 11.8 Å². The van der Waals surface area contributed by atoms with Crippen LogP contribution in [0.5, 0.6) is 0 Å². The Morgan fingerprint density at radius 3 is 2.79 bits per heavy atom. The standard InChI is InChI=1S/C14H9ClN2O2/c15-13-6-5-11(8-17-13)14(18)19-9-12-4-2-1-3-10(12)7-16/h1-6,8H,9H2. The van der Waals surface area contributed by atoms with Crippen LogP contribution in [0.4, 0.5) is 0 Å². The molecule has 0 atom stereocenters. The number of carbonyl (C=O) groups excluding carboxylic acids is 1. The number of rotatable bonds is 3. The highest BCUT2D eigenvalue weighted by Gasteiger charge is 2.09. The Labute approximate surface area is 115 Å². The van der Waals surface area contributed by atoms with Crippen molar-refractivity contribution in [1.82, 2.24) is 4.98 Å². The number of hydrogen-bond acceptors (Lipinski definition) is 4. The number of nitriles is 1. The van der Waals surface area contributed by atoms with E-state index in [1.165, 1.54) is 18.3 Å². The molecule has 0 aliphatic carbocycles. The van der Waals surface area contributed by atoms with Gasteiger partial charge in [0, 0.05) is 11.8 Å². The molecule has 0 spiro atoms. The van der Waals surface area contributed by atoms with Crippen molar-refractivity contribution >= 4 is 17.6 Å². The van der Waals surface area contributed by atoms with Crippen LogP contribution in [-0.2, 0) is 11.3 Å². The third-order valence-electron chi connectivity index (χ3n) is 2.46. The van der Waals surface area contributed by atoms with Crippen LogP contribution in [0.15, 0.2) is 42.6 Å². The number of esters is 1. The predicted octanol–water partition coefficient (Wildman–Crippen LogP) is 2.96. The molecule has 1 aromatic carbocycles. The molecule has 5 heteroatoms. The fraction of sp³-hybridized carbons (Fsp3) is 0.0714. The van der Waals surface area contributed by atoms with Crippen LogP contribution in [0.25, 0.3) is 0 Å². The first-order chi connectivity index (χ1) is 9.20. The van der Waals surface area contributed by atoms with E-state index in [0.717, 1.165) is 0 Å². The SMILES string of the molecule is N#Cc1ccccc1COC(=O)c1ccc(Cl)nc1. The molecule has 0 radical (unpaired) electrons. The Bertz CT molecular complexity index is 633. The van der Waals surface area contributed by atoms with Gasteiger partial charge in [0.25, 0.3) is 0 Å². The van der Waals surface area contributed by atoms with E-state index in [2.05, 4.69) is 4.98 Å². The summed E-state index contributed by atoms with van der Waals surface area (Å²) in [5.74, 6) is -0.503. The van der Waals surface area contributed by atoms with Gasteiger partial charge in [-0.15, -0.1) is 0 Å². The molecule has 0 unspecified atom stereocenters. The van der Waals surface area contributed by atoms with E-state index >= 15 is 0 Å². The normalized spacial score (nSPS) is 9.68. The first-order valence-corrected chi connectivity index (χ1v) is 5.85. The zero-order chi connectivity index (χ0) is 13.7. The van der Waals surface area contributed by atoms with Crippen molar-refractivity contribution in [2.45, 2.75) is 6.61 Å². The van der Waals surface area contributed by atoms with E-state index in [-0.39, 0.29) is 6.61 Å². The summed E-state index contributed by atoms with van der Waals surface area (Å²) in [5, 5.41) is 9.23. The second-order valence-electron chi connectivity index (χ2n) is 3.71. The molecule has 2 rings (SSSR count). The maximum atomic E-state index is 11.7. The topological polar surface area (TPSA) is 63.0 Å². The van der Waals surface area contributed by atoms with Crippen molar-refractivity contribution in [3.63, 3.8) is 0 Å². The van der Waals surface area contributed by atoms with Gasteiger partial charge in [-0.3, -0.25) is 0 Å². The molecule has 1 heterocycles. The highest BCUT2D eigenvalue weighted by molar-refractivity contribution is 6.29. The van der Waals surface area contributed by atoms with Gasteiger partial charge < -0.3 is 4.74 Å². The van der Waals surface area contributed by atoms with Crippen LogP contribution in [0.1, 0.15) is 21.5 Å². The van der Waals surface area contributed by atoms with Crippen molar-refractivity contribution in [3.05, 3.63) is 64.4 Å². The summed E-state index contributed by atoms with van der Waals surface area (Å²) in [7, 11) is 0. The summed E-state index contributed by atoms with van der Waals surface area (Å²) in [6.45, 7) is 0.0468. The molecular formula is C14H9ClN2O2. The fourth-order valence-corrected chi connectivity index (χ4v) is 1.59. The highest BCUT2D eigenvalue weighted by Crippen LogP contribution is 2.11. The number of benzene rings is 1. The lowest BCUT2D eigenvalue weighted by Crippen LogP contribution is -2.06. The Morgan fingerprint density at radius 2 is 2.11 bits per heavy atom. The molecule has 2 aromatic rings. The van der Waals surface area contributed by atoms with E-state index in [9.17, 15) is 4.79 Å². The minimum Gasteiger partial charge on any atom is -0.457 e. The Morgan fingerprint density at radius 1 is 1.32 bits per heavy atom. The molecule has 0 N–H and O–H groups in total. The summed E-state index contributed by atoms with van der Waals surface area (Å²) in [6.07, 6.45) is 1.35. The van der Waals surface area contributed by atoms with Crippen molar-refractivity contribution in [2.24, 2.45) is 0 Å². The average molecular weight is 273 g/mol. The van der Waals surface area contributed by atoms with E-state index in [1.807, 2.05) is 6.07 Å².